The van der Waals surface area contributed by atoms with Gasteiger partial charge in [0.15, 0.2) is 0 Å². The first kappa shape index (κ1) is 8.86. The number of nitrogens with one attached hydrogen (secondary N) is 1. The van der Waals surface area contributed by atoms with Crippen LogP contribution in [0.4, 0.5) is 0 Å². The van der Waals surface area contributed by atoms with Crippen LogP contribution < -0.4 is 16.9 Å². The van der Waals surface area contributed by atoms with Crippen molar-refractivity contribution in [2.24, 2.45) is 21.6 Å². The third-order valence-corrected chi connectivity index (χ3v) is 1.81. The highest BCUT2D eigenvalue weighted by atomic mass is 15.5. The van der Waals surface area contributed by atoms with Gasteiger partial charge in [-0.15, -0.1) is 0 Å². The third-order valence-electron chi connectivity index (χ3n) is 1.81. The highest BCUT2D eigenvalue weighted by Crippen LogP contribution is 2.04. The summed E-state index contributed by atoms with van der Waals surface area (Å²) in [5.74, 6) is -1.31. The van der Waals surface area contributed by atoms with Crippen molar-refractivity contribution in [2.75, 3.05) is 0 Å². The Morgan fingerprint density at radius 1 is 1.14 bits per heavy atom. The van der Waals surface area contributed by atoms with Crippen LogP contribution in [0.2, 0.25) is 0 Å². The number of hydrogen-bond acceptors (Lipinski definition) is 5. The molecule has 0 unspecified atom stereocenters. The Bertz CT molecular complexity index is 379. The van der Waals surface area contributed by atoms with Crippen LogP contribution in [0.25, 0.3) is 0 Å². The highest BCUT2D eigenvalue weighted by molar-refractivity contribution is 6.38. The van der Waals surface area contributed by atoms with E-state index in [1.807, 2.05) is 30.3 Å². The first-order valence-electron chi connectivity index (χ1n) is 4.21. The highest BCUT2D eigenvalue weighted by Gasteiger charge is 2.20. The SMILES string of the molecule is NC1(N)N=C(c2ccccc2)C=NN1. The summed E-state index contributed by atoms with van der Waals surface area (Å²) in [6, 6.07) is 9.61. The van der Waals surface area contributed by atoms with Gasteiger partial charge in [0.2, 0.25) is 0 Å². The molecule has 0 aromatic heterocycles. The number of hydrazone groups is 1. The predicted molar refractivity (Wildman–Crippen MR) is 55.7 cm³/mol. The molecule has 0 bridgehead atoms. The van der Waals surface area contributed by atoms with Crippen molar-refractivity contribution in [3.05, 3.63) is 35.9 Å². The molecular weight excluding hydrogens is 178 g/mol. The van der Waals surface area contributed by atoms with Gasteiger partial charge < -0.3 is 0 Å². The molecule has 0 aliphatic carbocycles. The molecule has 0 spiro atoms. The fraction of sp³-hybridized carbons (Fsp3) is 0.111. The maximum Gasteiger partial charge on any atom is 0.254 e. The van der Waals surface area contributed by atoms with Crippen LogP contribution in [-0.2, 0) is 0 Å². The van der Waals surface area contributed by atoms with E-state index in [0.717, 1.165) is 5.56 Å². The van der Waals surface area contributed by atoms with Gasteiger partial charge in [-0.1, -0.05) is 30.3 Å². The normalized spacial score (nSPS) is 18.6. The Hall–Kier alpha value is -1.72. The van der Waals surface area contributed by atoms with Gasteiger partial charge in [-0.25, -0.2) is 4.99 Å². The van der Waals surface area contributed by atoms with Crippen molar-refractivity contribution in [2.45, 2.75) is 5.91 Å². The lowest BCUT2D eigenvalue weighted by Crippen LogP contribution is -2.59. The molecule has 5 heteroatoms. The molecule has 5 N–H and O–H groups in total. The van der Waals surface area contributed by atoms with Gasteiger partial charge in [0.05, 0.1) is 11.9 Å². The lowest BCUT2D eigenvalue weighted by molar-refractivity contribution is 0.371. The van der Waals surface area contributed by atoms with Crippen molar-refractivity contribution in [1.82, 2.24) is 5.43 Å². The number of rotatable bonds is 1. The van der Waals surface area contributed by atoms with Gasteiger partial charge >= 0.3 is 0 Å². The first-order chi connectivity index (χ1) is 6.67. The molecule has 0 fully saturated rings. The van der Waals surface area contributed by atoms with E-state index in [2.05, 4.69) is 15.5 Å². The van der Waals surface area contributed by atoms with Gasteiger partial charge in [0, 0.05) is 5.56 Å². The standard InChI is InChI=1S/C9H11N5/c10-9(11)13-8(6-12-14-9)7-4-2-1-3-5-7/h1-6,14H,10-11H2. The summed E-state index contributed by atoms with van der Waals surface area (Å²) in [6.45, 7) is 0. The fourth-order valence-corrected chi connectivity index (χ4v) is 1.20. The Balaban J connectivity index is 2.36. The first-order valence-corrected chi connectivity index (χ1v) is 4.21. The minimum atomic E-state index is -1.31. The minimum Gasteiger partial charge on any atom is -0.275 e. The second-order valence-corrected chi connectivity index (χ2v) is 3.06. The Morgan fingerprint density at radius 2 is 1.86 bits per heavy atom. The van der Waals surface area contributed by atoms with Gasteiger partial charge in [0.25, 0.3) is 5.91 Å². The van der Waals surface area contributed by atoms with Crippen molar-refractivity contribution in [1.29, 1.82) is 0 Å². The van der Waals surface area contributed by atoms with E-state index in [-0.39, 0.29) is 0 Å². The van der Waals surface area contributed by atoms with E-state index >= 15 is 0 Å². The fourth-order valence-electron chi connectivity index (χ4n) is 1.20. The molecule has 2 rings (SSSR count). The van der Waals surface area contributed by atoms with E-state index in [1.165, 1.54) is 0 Å². The molecule has 1 aromatic rings. The summed E-state index contributed by atoms with van der Waals surface area (Å²) in [4.78, 5) is 4.10. The van der Waals surface area contributed by atoms with Crippen LogP contribution >= 0.6 is 0 Å². The zero-order valence-electron chi connectivity index (χ0n) is 7.51. The lowest BCUT2D eigenvalue weighted by Gasteiger charge is -2.23. The number of hydrogen-bond donors (Lipinski definition) is 3. The van der Waals surface area contributed by atoms with Crippen LogP contribution in [0.3, 0.4) is 0 Å². The summed E-state index contributed by atoms with van der Waals surface area (Å²) >= 11 is 0. The Kier molecular flexibility index (Phi) is 2.03. The predicted octanol–water partition coefficient (Wildman–Crippen LogP) is -0.407. The monoisotopic (exact) mass is 189 g/mol. The Labute approximate surface area is 81.5 Å². The van der Waals surface area contributed by atoms with Gasteiger partial charge in [-0.2, -0.15) is 5.10 Å². The topological polar surface area (TPSA) is 88.8 Å². The minimum absolute atomic E-state index is 0.675. The number of nitrogens with two attached hydrogens (primary N) is 2. The molecule has 14 heavy (non-hydrogen) atoms. The lowest BCUT2D eigenvalue weighted by atomic mass is 10.1. The quantitative estimate of drug-likeness (QED) is 0.525. The molecule has 1 aromatic carbocycles. The van der Waals surface area contributed by atoms with Crippen LogP contribution in [0.5, 0.6) is 0 Å². The molecule has 5 nitrogen and oxygen atoms in total. The molecule has 0 saturated carbocycles. The van der Waals surface area contributed by atoms with E-state index in [4.69, 9.17) is 11.5 Å². The number of nitrogens with zero attached hydrogens (tertiary/aromatic N) is 2. The van der Waals surface area contributed by atoms with Gasteiger partial charge in [-0.3, -0.25) is 16.9 Å². The smallest absolute Gasteiger partial charge is 0.254 e. The van der Waals surface area contributed by atoms with Gasteiger partial charge in [-0.05, 0) is 0 Å². The number of aliphatic imine (C=N–C) groups is 1. The van der Waals surface area contributed by atoms with Crippen LogP contribution in [0.15, 0.2) is 40.4 Å². The zero-order chi connectivity index (χ0) is 10.0. The summed E-state index contributed by atoms with van der Waals surface area (Å²) in [5, 5.41) is 3.83. The summed E-state index contributed by atoms with van der Waals surface area (Å²) < 4.78 is 0. The maximum atomic E-state index is 5.57. The molecular formula is C9H11N5. The van der Waals surface area contributed by atoms with E-state index in [9.17, 15) is 0 Å². The molecule has 1 heterocycles. The molecule has 1 aliphatic heterocycles. The average Bonchev–Trinajstić information content (AvgIpc) is 2.18. The van der Waals surface area contributed by atoms with E-state index in [0.29, 0.717) is 5.71 Å². The summed E-state index contributed by atoms with van der Waals surface area (Å²) in [7, 11) is 0. The average molecular weight is 189 g/mol. The molecule has 0 amide bonds. The molecule has 0 saturated heterocycles. The number of benzene rings is 1. The molecule has 72 valence electrons. The summed E-state index contributed by atoms with van der Waals surface area (Å²) in [6.07, 6.45) is 1.59. The third kappa shape index (κ3) is 1.78. The van der Waals surface area contributed by atoms with Crippen molar-refractivity contribution in [3.63, 3.8) is 0 Å². The largest absolute Gasteiger partial charge is 0.275 e. The van der Waals surface area contributed by atoms with Gasteiger partial charge in [0.1, 0.15) is 0 Å². The van der Waals surface area contributed by atoms with Crippen LogP contribution in [0.1, 0.15) is 5.56 Å². The molecule has 1 aliphatic rings. The second-order valence-electron chi connectivity index (χ2n) is 3.06. The van der Waals surface area contributed by atoms with E-state index in [1.54, 1.807) is 6.21 Å². The van der Waals surface area contributed by atoms with Crippen LogP contribution in [-0.4, -0.2) is 17.8 Å². The van der Waals surface area contributed by atoms with Crippen molar-refractivity contribution < 1.29 is 0 Å². The Morgan fingerprint density at radius 3 is 2.50 bits per heavy atom. The van der Waals surface area contributed by atoms with Crippen LogP contribution in [0, 0.1) is 0 Å². The van der Waals surface area contributed by atoms with E-state index < -0.39 is 5.91 Å². The molecule has 0 radical (unpaired) electrons. The van der Waals surface area contributed by atoms with Crippen molar-refractivity contribution >= 4 is 11.9 Å². The summed E-state index contributed by atoms with van der Waals surface area (Å²) in [5.41, 5.74) is 15.3. The zero-order valence-corrected chi connectivity index (χ0v) is 7.51. The van der Waals surface area contributed by atoms with Crippen molar-refractivity contribution in [3.8, 4) is 0 Å². The molecule has 0 atom stereocenters. The maximum absolute atomic E-state index is 5.57. The second kappa shape index (κ2) is 3.21.